The van der Waals surface area contributed by atoms with Crippen LogP contribution < -0.4 is 14.8 Å². The average molecular weight is 325 g/mol. The zero-order valence-electron chi connectivity index (χ0n) is 14.3. The maximum absolute atomic E-state index is 12.0. The van der Waals surface area contributed by atoms with Crippen LogP contribution in [0.25, 0.3) is 6.08 Å². The van der Waals surface area contributed by atoms with Gasteiger partial charge in [0.05, 0.1) is 14.2 Å². The first kappa shape index (κ1) is 17.6. The van der Waals surface area contributed by atoms with E-state index < -0.39 is 0 Å². The Morgan fingerprint density at radius 1 is 1.08 bits per heavy atom. The van der Waals surface area contributed by atoms with Crippen LogP contribution in [-0.2, 0) is 4.79 Å². The number of methoxy groups -OCH3 is 2. The van der Waals surface area contributed by atoms with Gasteiger partial charge in [-0.1, -0.05) is 37.3 Å². The van der Waals surface area contributed by atoms with Gasteiger partial charge in [-0.25, -0.2) is 0 Å². The van der Waals surface area contributed by atoms with Crippen molar-refractivity contribution in [1.82, 2.24) is 5.32 Å². The molecule has 0 radical (unpaired) electrons. The van der Waals surface area contributed by atoms with Crippen molar-refractivity contribution in [2.45, 2.75) is 12.8 Å². The summed E-state index contributed by atoms with van der Waals surface area (Å²) in [6.07, 6.45) is 3.26. The van der Waals surface area contributed by atoms with Crippen LogP contribution in [0.5, 0.6) is 11.5 Å². The van der Waals surface area contributed by atoms with Crippen molar-refractivity contribution >= 4 is 12.0 Å². The van der Waals surface area contributed by atoms with Gasteiger partial charge >= 0.3 is 0 Å². The molecule has 0 aromatic heterocycles. The molecule has 0 saturated carbocycles. The Labute approximate surface area is 143 Å². The summed E-state index contributed by atoms with van der Waals surface area (Å²) in [5.74, 6) is 1.51. The zero-order valence-corrected chi connectivity index (χ0v) is 14.3. The summed E-state index contributed by atoms with van der Waals surface area (Å²) in [5.41, 5.74) is 2.05. The summed E-state index contributed by atoms with van der Waals surface area (Å²) >= 11 is 0. The topological polar surface area (TPSA) is 47.6 Å². The molecule has 2 aromatic rings. The Hall–Kier alpha value is -2.75. The van der Waals surface area contributed by atoms with Gasteiger partial charge in [0.15, 0.2) is 0 Å². The first-order valence-electron chi connectivity index (χ1n) is 7.86. The van der Waals surface area contributed by atoms with E-state index in [1.165, 1.54) is 11.6 Å². The number of rotatable bonds is 7. The largest absolute Gasteiger partial charge is 0.497 e. The summed E-state index contributed by atoms with van der Waals surface area (Å²) < 4.78 is 10.4. The van der Waals surface area contributed by atoms with Crippen molar-refractivity contribution in [3.05, 3.63) is 65.7 Å². The van der Waals surface area contributed by atoms with Crippen LogP contribution in [0.4, 0.5) is 0 Å². The van der Waals surface area contributed by atoms with Gasteiger partial charge in [0.1, 0.15) is 11.5 Å². The minimum atomic E-state index is -0.125. The number of hydrogen-bond acceptors (Lipinski definition) is 3. The standard InChI is InChI=1S/C20H23NO3/c1-15(17-7-5-4-6-8-17)14-21-20(22)10-9-16-11-18(23-2)13-19(12-16)24-3/h4-13,15H,14H2,1-3H3,(H,21,22)/b10-9+/t15-/m0/s1. The average Bonchev–Trinajstić information content (AvgIpc) is 2.64. The van der Waals surface area contributed by atoms with E-state index in [-0.39, 0.29) is 11.8 Å². The Balaban J connectivity index is 1.93. The molecule has 126 valence electrons. The van der Waals surface area contributed by atoms with E-state index in [1.807, 2.05) is 30.3 Å². The fourth-order valence-electron chi connectivity index (χ4n) is 2.31. The Bertz CT molecular complexity index is 673. The smallest absolute Gasteiger partial charge is 0.244 e. The van der Waals surface area contributed by atoms with Gasteiger partial charge in [0, 0.05) is 18.7 Å². The summed E-state index contributed by atoms with van der Waals surface area (Å²) in [7, 11) is 3.19. The summed E-state index contributed by atoms with van der Waals surface area (Å²) in [4.78, 5) is 12.0. The first-order valence-corrected chi connectivity index (χ1v) is 7.86. The number of carbonyl (C=O) groups is 1. The fraction of sp³-hybridized carbons (Fsp3) is 0.250. The third kappa shape index (κ3) is 5.16. The molecule has 1 N–H and O–H groups in total. The lowest BCUT2D eigenvalue weighted by Crippen LogP contribution is -2.25. The lowest BCUT2D eigenvalue weighted by atomic mass is 10.0. The number of amides is 1. The third-order valence-corrected chi connectivity index (χ3v) is 3.75. The molecule has 0 spiro atoms. The molecule has 1 amide bonds. The van der Waals surface area contributed by atoms with Crippen molar-refractivity contribution in [2.24, 2.45) is 0 Å². The molecule has 1 atom stereocenters. The van der Waals surface area contributed by atoms with Crippen molar-refractivity contribution < 1.29 is 14.3 Å². The van der Waals surface area contributed by atoms with E-state index in [1.54, 1.807) is 26.4 Å². The molecule has 0 heterocycles. The fourth-order valence-corrected chi connectivity index (χ4v) is 2.31. The Morgan fingerprint density at radius 2 is 1.71 bits per heavy atom. The van der Waals surface area contributed by atoms with Crippen LogP contribution >= 0.6 is 0 Å². The van der Waals surface area contributed by atoms with Crippen molar-refractivity contribution in [2.75, 3.05) is 20.8 Å². The van der Waals surface area contributed by atoms with Crippen molar-refractivity contribution in [1.29, 1.82) is 0 Å². The molecular formula is C20H23NO3. The molecule has 0 saturated heterocycles. The SMILES string of the molecule is COc1cc(/C=C/C(=O)NC[C@H](C)c2ccccc2)cc(OC)c1. The predicted molar refractivity (Wildman–Crippen MR) is 96.4 cm³/mol. The maximum atomic E-state index is 12.0. The van der Waals surface area contributed by atoms with Gasteiger partial charge < -0.3 is 14.8 Å². The molecule has 0 aliphatic heterocycles. The second kappa shape index (κ2) is 8.77. The quantitative estimate of drug-likeness (QED) is 0.791. The molecule has 4 nitrogen and oxygen atoms in total. The summed E-state index contributed by atoms with van der Waals surface area (Å²) in [5, 5.41) is 2.92. The summed E-state index contributed by atoms with van der Waals surface area (Å²) in [6, 6.07) is 15.6. The van der Waals surface area contributed by atoms with Gasteiger partial charge in [0.25, 0.3) is 0 Å². The minimum Gasteiger partial charge on any atom is -0.497 e. The van der Waals surface area contributed by atoms with Crippen LogP contribution in [-0.4, -0.2) is 26.7 Å². The van der Waals surface area contributed by atoms with Crippen molar-refractivity contribution in [3.8, 4) is 11.5 Å². The highest BCUT2D eigenvalue weighted by Crippen LogP contribution is 2.23. The monoisotopic (exact) mass is 325 g/mol. The van der Waals surface area contributed by atoms with E-state index in [0.717, 1.165) is 5.56 Å². The third-order valence-electron chi connectivity index (χ3n) is 3.75. The molecular weight excluding hydrogens is 302 g/mol. The molecule has 2 aromatic carbocycles. The second-order valence-electron chi connectivity index (χ2n) is 5.54. The molecule has 0 bridgehead atoms. The molecule has 0 aliphatic rings. The van der Waals surface area contributed by atoms with E-state index in [2.05, 4.69) is 24.4 Å². The van der Waals surface area contributed by atoms with Crippen molar-refractivity contribution in [3.63, 3.8) is 0 Å². The number of hydrogen-bond donors (Lipinski definition) is 1. The first-order chi connectivity index (χ1) is 11.6. The predicted octanol–water partition coefficient (Wildman–Crippen LogP) is 3.64. The zero-order chi connectivity index (χ0) is 17.4. The number of carbonyl (C=O) groups excluding carboxylic acids is 1. The van der Waals surface area contributed by atoms with E-state index >= 15 is 0 Å². The molecule has 0 unspecified atom stereocenters. The highest BCUT2D eigenvalue weighted by Gasteiger charge is 2.06. The van der Waals surface area contributed by atoms with E-state index in [4.69, 9.17) is 9.47 Å². The lowest BCUT2D eigenvalue weighted by Gasteiger charge is -2.12. The van der Waals surface area contributed by atoms with Crippen LogP contribution in [0.3, 0.4) is 0 Å². The van der Waals surface area contributed by atoms with Gasteiger partial charge in [-0.15, -0.1) is 0 Å². The van der Waals surface area contributed by atoms with Crippen LogP contribution in [0, 0.1) is 0 Å². The number of nitrogens with one attached hydrogen (secondary N) is 1. The lowest BCUT2D eigenvalue weighted by molar-refractivity contribution is -0.116. The maximum Gasteiger partial charge on any atom is 0.244 e. The molecule has 24 heavy (non-hydrogen) atoms. The minimum absolute atomic E-state index is 0.125. The van der Waals surface area contributed by atoms with Gasteiger partial charge in [-0.05, 0) is 35.3 Å². The Morgan fingerprint density at radius 3 is 2.29 bits per heavy atom. The second-order valence-corrected chi connectivity index (χ2v) is 5.54. The van der Waals surface area contributed by atoms with E-state index in [0.29, 0.717) is 18.0 Å². The van der Waals surface area contributed by atoms with Gasteiger partial charge in [0.2, 0.25) is 5.91 Å². The van der Waals surface area contributed by atoms with Gasteiger partial charge in [-0.2, -0.15) is 0 Å². The van der Waals surface area contributed by atoms with Crippen LogP contribution in [0.15, 0.2) is 54.6 Å². The number of ether oxygens (including phenoxy) is 2. The summed E-state index contributed by atoms with van der Waals surface area (Å²) in [6.45, 7) is 2.68. The highest BCUT2D eigenvalue weighted by molar-refractivity contribution is 5.91. The molecule has 4 heteroatoms. The number of benzene rings is 2. The normalized spacial score (nSPS) is 12.0. The molecule has 2 rings (SSSR count). The highest BCUT2D eigenvalue weighted by atomic mass is 16.5. The molecule has 0 fully saturated rings. The Kier molecular flexibility index (Phi) is 6.43. The van der Waals surface area contributed by atoms with Gasteiger partial charge in [-0.3, -0.25) is 4.79 Å². The van der Waals surface area contributed by atoms with Crippen LogP contribution in [0.2, 0.25) is 0 Å². The molecule has 0 aliphatic carbocycles. The van der Waals surface area contributed by atoms with Crippen LogP contribution in [0.1, 0.15) is 24.0 Å². The van der Waals surface area contributed by atoms with E-state index in [9.17, 15) is 4.79 Å².